The Morgan fingerprint density at radius 1 is 0.897 bits per heavy atom. The van der Waals surface area contributed by atoms with Crippen LogP contribution in [0.5, 0.6) is 5.75 Å². The van der Waals surface area contributed by atoms with Crippen LogP contribution in [0.25, 0.3) is 16.6 Å². The van der Waals surface area contributed by atoms with Crippen LogP contribution in [-0.2, 0) is 19.4 Å². The number of benzene rings is 2. The van der Waals surface area contributed by atoms with Crippen LogP contribution >= 0.6 is 0 Å². The smallest absolute Gasteiger partial charge is 0.167 e. The number of hydrogen-bond donors (Lipinski definition) is 0. The molecule has 0 amide bonds. The largest absolute Gasteiger partial charge is 0.489 e. The number of carbonyl (C=O) groups excluding carboxylic acids is 1. The predicted octanol–water partition coefficient (Wildman–Crippen LogP) is 6.12. The summed E-state index contributed by atoms with van der Waals surface area (Å²) in [6, 6.07) is 22.7. The van der Waals surface area contributed by atoms with Gasteiger partial charge in [0.25, 0.3) is 0 Å². The van der Waals surface area contributed by atoms with Crippen molar-refractivity contribution < 1.29 is 9.53 Å². The molecule has 0 unspecified atom stereocenters. The van der Waals surface area contributed by atoms with Gasteiger partial charge in [-0.2, -0.15) is 0 Å². The number of ether oxygens (including phenoxy) is 1. The minimum atomic E-state index is 0.544. The van der Waals surface area contributed by atoms with Crippen molar-refractivity contribution in [2.24, 2.45) is 0 Å². The van der Waals surface area contributed by atoms with Gasteiger partial charge in [0.05, 0.1) is 5.69 Å². The molecule has 0 aliphatic heterocycles. The van der Waals surface area contributed by atoms with E-state index in [9.17, 15) is 4.79 Å². The molecule has 0 bridgehead atoms. The Kier molecular flexibility index (Phi) is 5.48. The number of aromatic nitrogens is 1. The van der Waals surface area contributed by atoms with E-state index in [1.807, 2.05) is 34.7 Å². The van der Waals surface area contributed by atoms with E-state index in [1.54, 1.807) is 0 Å². The zero-order valence-corrected chi connectivity index (χ0v) is 16.9. The van der Waals surface area contributed by atoms with E-state index in [4.69, 9.17) is 4.74 Å². The first-order valence-electron chi connectivity index (χ1n) is 10.1. The van der Waals surface area contributed by atoms with Crippen molar-refractivity contribution in [2.75, 3.05) is 0 Å². The number of aldehydes is 1. The molecule has 0 aliphatic rings. The van der Waals surface area contributed by atoms with Crippen LogP contribution in [-0.4, -0.2) is 10.7 Å². The molecule has 0 spiro atoms. The lowest BCUT2D eigenvalue weighted by Gasteiger charge is -2.12. The third kappa shape index (κ3) is 3.81. The molecule has 0 atom stereocenters. The van der Waals surface area contributed by atoms with Gasteiger partial charge in [-0.3, -0.25) is 4.79 Å². The highest BCUT2D eigenvalue weighted by Gasteiger charge is 2.14. The summed E-state index contributed by atoms with van der Waals surface area (Å²) in [7, 11) is 0. The summed E-state index contributed by atoms with van der Waals surface area (Å²) in [6.07, 6.45) is 4.81. The van der Waals surface area contributed by atoms with Gasteiger partial charge in [-0.05, 0) is 59.4 Å². The van der Waals surface area contributed by atoms with Gasteiger partial charge in [0, 0.05) is 17.3 Å². The number of hydrogen-bond acceptors (Lipinski definition) is 2. The van der Waals surface area contributed by atoms with Crippen LogP contribution < -0.4 is 4.74 Å². The molecular weight excluding hydrogens is 358 g/mol. The number of fused-ring (bicyclic) bond motifs is 1. The van der Waals surface area contributed by atoms with Crippen molar-refractivity contribution in [3.8, 4) is 16.9 Å². The van der Waals surface area contributed by atoms with E-state index in [0.717, 1.165) is 52.6 Å². The van der Waals surface area contributed by atoms with Crippen molar-refractivity contribution in [1.82, 2.24) is 4.40 Å². The normalized spacial score (nSPS) is 11.0. The third-order valence-electron chi connectivity index (χ3n) is 5.38. The second kappa shape index (κ2) is 8.36. The summed E-state index contributed by atoms with van der Waals surface area (Å²) in [5.41, 5.74) is 7.21. The topological polar surface area (TPSA) is 30.7 Å². The van der Waals surface area contributed by atoms with Crippen LogP contribution in [0.4, 0.5) is 0 Å². The van der Waals surface area contributed by atoms with Gasteiger partial charge >= 0.3 is 0 Å². The van der Waals surface area contributed by atoms with Crippen LogP contribution in [0.1, 0.15) is 41.0 Å². The van der Waals surface area contributed by atoms with E-state index in [0.29, 0.717) is 12.3 Å². The Bertz CT molecular complexity index is 1140. The first-order chi connectivity index (χ1) is 14.2. The van der Waals surface area contributed by atoms with E-state index in [2.05, 4.69) is 56.4 Å². The molecule has 4 rings (SSSR count). The van der Waals surface area contributed by atoms with Gasteiger partial charge in [-0.1, -0.05) is 56.3 Å². The minimum absolute atomic E-state index is 0.544. The molecule has 146 valence electrons. The average Bonchev–Trinajstić information content (AvgIpc) is 3.15. The van der Waals surface area contributed by atoms with E-state index < -0.39 is 0 Å². The maximum absolute atomic E-state index is 11.9. The number of nitrogens with zero attached hydrogens (tertiary/aromatic N) is 1. The maximum atomic E-state index is 11.9. The van der Waals surface area contributed by atoms with E-state index in [1.165, 1.54) is 5.56 Å². The Morgan fingerprint density at radius 3 is 2.45 bits per heavy atom. The molecule has 0 fully saturated rings. The highest BCUT2D eigenvalue weighted by Crippen LogP contribution is 2.32. The first-order valence-corrected chi connectivity index (χ1v) is 10.1. The fraction of sp³-hybridized carbons (Fsp3) is 0.192. The molecule has 3 nitrogen and oxygen atoms in total. The van der Waals surface area contributed by atoms with E-state index >= 15 is 0 Å². The molecule has 2 heterocycles. The number of aryl methyl sites for hydroxylation is 2. The molecule has 2 aromatic carbocycles. The standard InChI is InChI=1S/C26H25NO2/c1-3-19-10-12-23-15-24(25(17-28)27(23)16-19)22-11-13-26(21(4-2)14-22)29-18-20-8-6-5-7-9-20/h5-17H,3-4,18H2,1-2H3. The van der Waals surface area contributed by atoms with Crippen molar-refractivity contribution in [3.05, 3.63) is 95.3 Å². The Hall–Kier alpha value is -3.33. The van der Waals surface area contributed by atoms with Gasteiger partial charge in [0.1, 0.15) is 12.4 Å². The predicted molar refractivity (Wildman–Crippen MR) is 118 cm³/mol. The summed E-state index contributed by atoms with van der Waals surface area (Å²) in [6.45, 7) is 4.79. The lowest BCUT2D eigenvalue weighted by atomic mass is 10.0. The molecule has 0 saturated carbocycles. The summed E-state index contributed by atoms with van der Waals surface area (Å²) in [5.74, 6) is 0.893. The zero-order valence-electron chi connectivity index (χ0n) is 16.9. The maximum Gasteiger partial charge on any atom is 0.167 e. The van der Waals surface area contributed by atoms with Gasteiger partial charge < -0.3 is 9.14 Å². The summed E-state index contributed by atoms with van der Waals surface area (Å²) in [4.78, 5) is 11.9. The quantitative estimate of drug-likeness (QED) is 0.360. The van der Waals surface area contributed by atoms with Crippen LogP contribution in [0.15, 0.2) is 72.9 Å². The van der Waals surface area contributed by atoms with Crippen LogP contribution in [0.2, 0.25) is 0 Å². The molecule has 29 heavy (non-hydrogen) atoms. The van der Waals surface area contributed by atoms with Gasteiger partial charge in [0.15, 0.2) is 6.29 Å². The van der Waals surface area contributed by atoms with Crippen molar-refractivity contribution in [3.63, 3.8) is 0 Å². The number of carbonyl (C=O) groups is 1. The van der Waals surface area contributed by atoms with E-state index in [-0.39, 0.29) is 0 Å². The zero-order chi connectivity index (χ0) is 20.2. The second-order valence-corrected chi connectivity index (χ2v) is 7.20. The minimum Gasteiger partial charge on any atom is -0.489 e. The van der Waals surface area contributed by atoms with Crippen molar-refractivity contribution in [2.45, 2.75) is 33.3 Å². The molecule has 0 N–H and O–H groups in total. The second-order valence-electron chi connectivity index (χ2n) is 7.20. The summed E-state index contributed by atoms with van der Waals surface area (Å²) < 4.78 is 8.07. The number of pyridine rings is 1. The lowest BCUT2D eigenvalue weighted by molar-refractivity contribution is 0.111. The fourth-order valence-corrected chi connectivity index (χ4v) is 3.69. The average molecular weight is 383 g/mol. The summed E-state index contributed by atoms with van der Waals surface area (Å²) in [5, 5.41) is 0. The lowest BCUT2D eigenvalue weighted by Crippen LogP contribution is -1.99. The third-order valence-corrected chi connectivity index (χ3v) is 5.38. The first kappa shape index (κ1) is 19.0. The number of rotatable bonds is 7. The van der Waals surface area contributed by atoms with Crippen LogP contribution in [0.3, 0.4) is 0 Å². The Balaban J connectivity index is 1.69. The molecule has 4 aromatic rings. The van der Waals surface area contributed by atoms with Gasteiger partial charge in [-0.25, -0.2) is 0 Å². The Morgan fingerprint density at radius 2 is 1.72 bits per heavy atom. The SMILES string of the molecule is CCc1ccc2cc(-c3ccc(OCc4ccccc4)c(CC)c3)c(C=O)n2c1. The molecule has 3 heteroatoms. The molecular formula is C26H25NO2. The Labute approximate surface area is 171 Å². The highest BCUT2D eigenvalue weighted by molar-refractivity contribution is 5.90. The molecule has 0 saturated heterocycles. The monoisotopic (exact) mass is 383 g/mol. The fourth-order valence-electron chi connectivity index (χ4n) is 3.69. The molecule has 0 radical (unpaired) electrons. The molecule has 0 aliphatic carbocycles. The van der Waals surface area contributed by atoms with Gasteiger partial charge in [0.2, 0.25) is 0 Å². The van der Waals surface area contributed by atoms with Gasteiger partial charge in [-0.15, -0.1) is 0 Å². The van der Waals surface area contributed by atoms with Crippen LogP contribution in [0, 0.1) is 0 Å². The van der Waals surface area contributed by atoms with Crippen molar-refractivity contribution >= 4 is 11.8 Å². The molecule has 2 aromatic heterocycles. The van der Waals surface area contributed by atoms with Crippen molar-refractivity contribution in [1.29, 1.82) is 0 Å². The summed E-state index contributed by atoms with van der Waals surface area (Å²) >= 11 is 0. The highest BCUT2D eigenvalue weighted by atomic mass is 16.5.